The molecule has 1 aromatic rings. The Morgan fingerprint density at radius 2 is 2.06 bits per heavy atom. The lowest BCUT2D eigenvalue weighted by molar-refractivity contribution is 0.355. The zero-order chi connectivity index (χ0) is 13.0. The summed E-state index contributed by atoms with van der Waals surface area (Å²) in [6.07, 6.45) is 3.51. The van der Waals surface area contributed by atoms with E-state index >= 15 is 0 Å². The normalized spacial score (nSPS) is 19.1. The van der Waals surface area contributed by atoms with Gasteiger partial charge < -0.3 is 20.1 Å². The Bertz CT molecular complexity index is 395. The third-order valence-electron chi connectivity index (χ3n) is 3.58. The molecule has 0 saturated carbocycles. The number of hydrogen-bond donors (Lipinski definition) is 1. The van der Waals surface area contributed by atoms with Crippen LogP contribution in [-0.2, 0) is 0 Å². The fourth-order valence-corrected chi connectivity index (χ4v) is 2.67. The van der Waals surface area contributed by atoms with Gasteiger partial charge in [-0.3, -0.25) is 0 Å². The smallest absolute Gasteiger partial charge is 0.162 e. The highest BCUT2D eigenvalue weighted by atomic mass is 16.5. The molecular weight excluding hydrogens is 228 g/mol. The predicted molar refractivity (Wildman–Crippen MR) is 73.6 cm³/mol. The van der Waals surface area contributed by atoms with Crippen LogP contribution in [0.4, 0.5) is 5.69 Å². The summed E-state index contributed by atoms with van der Waals surface area (Å²) in [5, 5.41) is 0. The topological polar surface area (TPSA) is 47.7 Å². The number of benzene rings is 1. The number of ether oxygens (including phenoxy) is 2. The zero-order valence-electron chi connectivity index (χ0n) is 11.2. The molecule has 2 N–H and O–H groups in total. The third-order valence-corrected chi connectivity index (χ3v) is 3.58. The molecule has 1 fully saturated rings. The van der Waals surface area contributed by atoms with E-state index in [-0.39, 0.29) is 0 Å². The minimum Gasteiger partial charge on any atom is -0.493 e. The van der Waals surface area contributed by atoms with Gasteiger partial charge in [0.2, 0.25) is 0 Å². The molecule has 1 saturated heterocycles. The number of nitrogens with zero attached hydrogens (tertiary/aromatic N) is 1. The van der Waals surface area contributed by atoms with E-state index in [1.54, 1.807) is 14.2 Å². The molecule has 1 aliphatic rings. The summed E-state index contributed by atoms with van der Waals surface area (Å²) in [6.45, 7) is 1.84. The van der Waals surface area contributed by atoms with Gasteiger partial charge in [-0.1, -0.05) is 0 Å². The number of nitrogens with two attached hydrogens (primary N) is 1. The summed E-state index contributed by atoms with van der Waals surface area (Å²) < 4.78 is 10.6. The molecule has 18 heavy (non-hydrogen) atoms. The van der Waals surface area contributed by atoms with Gasteiger partial charge in [0.1, 0.15) is 0 Å². The molecule has 4 heteroatoms. The lowest BCUT2D eigenvalue weighted by Crippen LogP contribution is -2.31. The van der Waals surface area contributed by atoms with Crippen molar-refractivity contribution >= 4 is 5.69 Å². The van der Waals surface area contributed by atoms with Crippen LogP contribution in [0.5, 0.6) is 11.5 Å². The van der Waals surface area contributed by atoms with Crippen LogP contribution in [-0.4, -0.2) is 33.4 Å². The Morgan fingerprint density at radius 3 is 2.72 bits per heavy atom. The van der Waals surface area contributed by atoms with Gasteiger partial charge in [-0.2, -0.15) is 0 Å². The van der Waals surface area contributed by atoms with E-state index in [0.29, 0.717) is 6.04 Å². The molecule has 1 atom stereocenters. The van der Waals surface area contributed by atoms with Gasteiger partial charge in [-0.05, 0) is 37.9 Å². The van der Waals surface area contributed by atoms with E-state index < -0.39 is 0 Å². The van der Waals surface area contributed by atoms with Crippen molar-refractivity contribution in [3.63, 3.8) is 0 Å². The SMILES string of the molecule is COc1ccc(N2CCCC2CCN)cc1OC. The molecule has 0 amide bonds. The van der Waals surface area contributed by atoms with Crippen molar-refractivity contribution in [2.45, 2.75) is 25.3 Å². The first-order valence-corrected chi connectivity index (χ1v) is 6.49. The third kappa shape index (κ3) is 2.53. The quantitative estimate of drug-likeness (QED) is 0.868. The van der Waals surface area contributed by atoms with Crippen LogP contribution in [0.3, 0.4) is 0 Å². The highest BCUT2D eigenvalue weighted by molar-refractivity contribution is 5.57. The van der Waals surface area contributed by atoms with Crippen LogP contribution in [0.25, 0.3) is 0 Å². The molecular formula is C14H22N2O2. The van der Waals surface area contributed by atoms with Crippen LogP contribution in [0.15, 0.2) is 18.2 Å². The number of rotatable bonds is 5. The molecule has 0 bridgehead atoms. The number of methoxy groups -OCH3 is 2. The summed E-state index contributed by atoms with van der Waals surface area (Å²) in [4.78, 5) is 2.43. The van der Waals surface area contributed by atoms with Crippen molar-refractivity contribution in [2.75, 3.05) is 32.2 Å². The first-order valence-electron chi connectivity index (χ1n) is 6.49. The Morgan fingerprint density at radius 1 is 1.28 bits per heavy atom. The Labute approximate surface area is 109 Å². The molecule has 0 aliphatic carbocycles. The molecule has 1 unspecified atom stereocenters. The van der Waals surface area contributed by atoms with Crippen LogP contribution >= 0.6 is 0 Å². The van der Waals surface area contributed by atoms with E-state index in [1.165, 1.54) is 18.5 Å². The van der Waals surface area contributed by atoms with Gasteiger partial charge in [0.15, 0.2) is 11.5 Å². The van der Waals surface area contributed by atoms with E-state index in [4.69, 9.17) is 15.2 Å². The lowest BCUT2D eigenvalue weighted by Gasteiger charge is -2.27. The maximum absolute atomic E-state index is 5.68. The minimum absolute atomic E-state index is 0.563. The summed E-state index contributed by atoms with van der Waals surface area (Å²) in [6, 6.07) is 6.67. The maximum Gasteiger partial charge on any atom is 0.162 e. The average Bonchev–Trinajstić information content (AvgIpc) is 2.86. The molecule has 0 aromatic heterocycles. The number of anilines is 1. The Hall–Kier alpha value is -1.42. The summed E-state index contributed by atoms with van der Waals surface area (Å²) in [5.41, 5.74) is 6.88. The number of hydrogen-bond acceptors (Lipinski definition) is 4. The van der Waals surface area contributed by atoms with Crippen LogP contribution in [0.1, 0.15) is 19.3 Å². The first kappa shape index (κ1) is 13.0. The van der Waals surface area contributed by atoms with Crippen molar-refractivity contribution in [2.24, 2.45) is 5.73 Å². The zero-order valence-corrected chi connectivity index (χ0v) is 11.2. The highest BCUT2D eigenvalue weighted by Gasteiger charge is 2.24. The second-order valence-corrected chi connectivity index (χ2v) is 4.61. The van der Waals surface area contributed by atoms with E-state index in [2.05, 4.69) is 11.0 Å². The van der Waals surface area contributed by atoms with Gasteiger partial charge in [-0.25, -0.2) is 0 Å². The van der Waals surface area contributed by atoms with Crippen molar-refractivity contribution in [1.82, 2.24) is 0 Å². The molecule has 1 aliphatic heterocycles. The van der Waals surface area contributed by atoms with Crippen LogP contribution in [0.2, 0.25) is 0 Å². The molecule has 0 spiro atoms. The first-order chi connectivity index (χ1) is 8.80. The van der Waals surface area contributed by atoms with E-state index in [1.807, 2.05) is 12.1 Å². The fraction of sp³-hybridized carbons (Fsp3) is 0.571. The Balaban J connectivity index is 2.22. The van der Waals surface area contributed by atoms with Crippen molar-refractivity contribution in [3.8, 4) is 11.5 Å². The van der Waals surface area contributed by atoms with Gasteiger partial charge in [-0.15, -0.1) is 0 Å². The highest BCUT2D eigenvalue weighted by Crippen LogP contribution is 2.34. The largest absolute Gasteiger partial charge is 0.493 e. The lowest BCUT2D eigenvalue weighted by atomic mass is 10.1. The van der Waals surface area contributed by atoms with E-state index in [0.717, 1.165) is 31.0 Å². The molecule has 1 aromatic carbocycles. The monoisotopic (exact) mass is 250 g/mol. The van der Waals surface area contributed by atoms with Gasteiger partial charge in [0, 0.05) is 24.3 Å². The van der Waals surface area contributed by atoms with Crippen molar-refractivity contribution in [3.05, 3.63) is 18.2 Å². The molecule has 2 rings (SSSR count). The maximum atomic E-state index is 5.68. The van der Waals surface area contributed by atoms with Crippen LogP contribution < -0.4 is 20.1 Å². The van der Waals surface area contributed by atoms with Crippen molar-refractivity contribution in [1.29, 1.82) is 0 Å². The Kier molecular flexibility index (Phi) is 4.31. The minimum atomic E-state index is 0.563. The molecule has 0 radical (unpaired) electrons. The van der Waals surface area contributed by atoms with Gasteiger partial charge >= 0.3 is 0 Å². The van der Waals surface area contributed by atoms with E-state index in [9.17, 15) is 0 Å². The predicted octanol–water partition coefficient (Wildman–Crippen LogP) is 2.02. The van der Waals surface area contributed by atoms with Gasteiger partial charge in [0.05, 0.1) is 14.2 Å². The second-order valence-electron chi connectivity index (χ2n) is 4.61. The molecule has 1 heterocycles. The fourth-order valence-electron chi connectivity index (χ4n) is 2.67. The standard InChI is InChI=1S/C14H22N2O2/c1-17-13-6-5-12(10-14(13)18-2)16-9-3-4-11(16)7-8-15/h5-6,10-11H,3-4,7-9,15H2,1-2H3. The second kappa shape index (κ2) is 5.96. The summed E-state index contributed by atoms with van der Waals surface area (Å²) in [7, 11) is 3.33. The molecule has 100 valence electrons. The summed E-state index contributed by atoms with van der Waals surface area (Å²) in [5.74, 6) is 1.56. The van der Waals surface area contributed by atoms with Crippen molar-refractivity contribution < 1.29 is 9.47 Å². The summed E-state index contributed by atoms with van der Waals surface area (Å²) >= 11 is 0. The average molecular weight is 250 g/mol. The van der Waals surface area contributed by atoms with Crippen LogP contribution in [0, 0.1) is 0 Å². The van der Waals surface area contributed by atoms with Gasteiger partial charge in [0.25, 0.3) is 0 Å². The molecule has 4 nitrogen and oxygen atoms in total.